The SMILES string of the molecule is Cc1cc(C(=O)NC(C)(C)CCl)ccc1Br. The summed E-state index contributed by atoms with van der Waals surface area (Å²) in [6.45, 7) is 5.74. The lowest BCUT2D eigenvalue weighted by atomic mass is 10.1. The molecule has 0 atom stereocenters. The smallest absolute Gasteiger partial charge is 0.251 e. The predicted octanol–water partition coefficient (Wildman–Crippen LogP) is 3.50. The maximum absolute atomic E-state index is 11.9. The van der Waals surface area contributed by atoms with Gasteiger partial charge in [0.25, 0.3) is 5.91 Å². The minimum atomic E-state index is -0.389. The maximum Gasteiger partial charge on any atom is 0.251 e. The van der Waals surface area contributed by atoms with E-state index in [4.69, 9.17) is 11.6 Å². The standard InChI is InChI=1S/C12H15BrClNO/c1-8-6-9(4-5-10(8)13)11(16)15-12(2,3)7-14/h4-6H,7H2,1-3H3,(H,15,16). The molecule has 1 N–H and O–H groups in total. The Morgan fingerprint density at radius 1 is 1.50 bits per heavy atom. The molecule has 1 rings (SSSR count). The van der Waals surface area contributed by atoms with Crippen molar-refractivity contribution in [1.29, 1.82) is 0 Å². The second kappa shape index (κ2) is 5.19. The van der Waals surface area contributed by atoms with Crippen molar-refractivity contribution in [1.82, 2.24) is 5.32 Å². The second-order valence-corrected chi connectivity index (χ2v) is 5.56. The molecule has 16 heavy (non-hydrogen) atoms. The van der Waals surface area contributed by atoms with E-state index in [1.165, 1.54) is 0 Å². The van der Waals surface area contributed by atoms with Crippen LogP contribution in [0.25, 0.3) is 0 Å². The summed E-state index contributed by atoms with van der Waals surface area (Å²) in [6.07, 6.45) is 0. The van der Waals surface area contributed by atoms with Gasteiger partial charge in [-0.2, -0.15) is 0 Å². The van der Waals surface area contributed by atoms with Crippen LogP contribution in [0.5, 0.6) is 0 Å². The lowest BCUT2D eigenvalue weighted by Crippen LogP contribution is -2.44. The molecule has 0 heterocycles. The third-order valence-corrected chi connectivity index (χ3v) is 3.76. The molecule has 0 aliphatic heterocycles. The second-order valence-electron chi connectivity index (χ2n) is 4.44. The number of aryl methyl sites for hydroxylation is 1. The molecular weight excluding hydrogens is 289 g/mol. The Morgan fingerprint density at radius 3 is 2.62 bits per heavy atom. The van der Waals surface area contributed by atoms with Crippen LogP contribution in [0.1, 0.15) is 29.8 Å². The van der Waals surface area contributed by atoms with Gasteiger partial charge in [0.15, 0.2) is 0 Å². The molecule has 0 radical (unpaired) electrons. The molecule has 0 saturated carbocycles. The first-order valence-electron chi connectivity index (χ1n) is 5.00. The van der Waals surface area contributed by atoms with Crippen LogP contribution in [-0.4, -0.2) is 17.3 Å². The highest BCUT2D eigenvalue weighted by Crippen LogP contribution is 2.17. The minimum absolute atomic E-state index is 0.0961. The van der Waals surface area contributed by atoms with E-state index in [9.17, 15) is 4.79 Å². The topological polar surface area (TPSA) is 29.1 Å². The third kappa shape index (κ3) is 3.49. The van der Waals surface area contributed by atoms with E-state index in [0.717, 1.165) is 10.0 Å². The van der Waals surface area contributed by atoms with Crippen molar-refractivity contribution in [2.45, 2.75) is 26.3 Å². The summed E-state index contributed by atoms with van der Waals surface area (Å²) in [7, 11) is 0. The van der Waals surface area contributed by atoms with Crippen molar-refractivity contribution in [3.05, 3.63) is 33.8 Å². The minimum Gasteiger partial charge on any atom is -0.346 e. The van der Waals surface area contributed by atoms with Gasteiger partial charge in [-0.3, -0.25) is 4.79 Å². The van der Waals surface area contributed by atoms with Crippen molar-refractivity contribution >= 4 is 33.4 Å². The molecule has 0 spiro atoms. The zero-order valence-electron chi connectivity index (χ0n) is 9.60. The highest BCUT2D eigenvalue weighted by Gasteiger charge is 2.19. The van der Waals surface area contributed by atoms with Crippen LogP contribution in [0, 0.1) is 6.92 Å². The Morgan fingerprint density at radius 2 is 2.12 bits per heavy atom. The van der Waals surface area contributed by atoms with Gasteiger partial charge in [-0.1, -0.05) is 15.9 Å². The number of amides is 1. The van der Waals surface area contributed by atoms with Crippen molar-refractivity contribution < 1.29 is 4.79 Å². The fourth-order valence-electron chi connectivity index (χ4n) is 1.20. The monoisotopic (exact) mass is 303 g/mol. The first-order chi connectivity index (χ1) is 7.35. The van der Waals surface area contributed by atoms with E-state index in [1.54, 1.807) is 6.07 Å². The highest BCUT2D eigenvalue weighted by molar-refractivity contribution is 9.10. The number of halogens is 2. The van der Waals surface area contributed by atoms with E-state index in [2.05, 4.69) is 21.2 Å². The largest absolute Gasteiger partial charge is 0.346 e. The van der Waals surface area contributed by atoms with Crippen LogP contribution in [0.15, 0.2) is 22.7 Å². The summed E-state index contributed by atoms with van der Waals surface area (Å²) in [5, 5.41) is 2.88. The summed E-state index contributed by atoms with van der Waals surface area (Å²) in [4.78, 5) is 11.9. The molecular formula is C12H15BrClNO. The molecule has 0 bridgehead atoms. The van der Waals surface area contributed by atoms with Crippen molar-refractivity contribution in [2.75, 3.05) is 5.88 Å². The Bertz CT molecular complexity index is 404. The molecule has 1 aromatic rings. The average Bonchev–Trinajstić information content (AvgIpc) is 2.21. The van der Waals surface area contributed by atoms with Crippen LogP contribution in [0.2, 0.25) is 0 Å². The number of hydrogen-bond donors (Lipinski definition) is 1. The van der Waals surface area contributed by atoms with Gasteiger partial charge in [0.2, 0.25) is 0 Å². The molecule has 4 heteroatoms. The van der Waals surface area contributed by atoms with Gasteiger partial charge in [-0.15, -0.1) is 11.6 Å². The molecule has 1 aromatic carbocycles. The number of hydrogen-bond acceptors (Lipinski definition) is 1. The molecule has 0 aliphatic carbocycles. The zero-order valence-corrected chi connectivity index (χ0v) is 11.9. The lowest BCUT2D eigenvalue weighted by Gasteiger charge is -2.23. The third-order valence-electron chi connectivity index (χ3n) is 2.21. The predicted molar refractivity (Wildman–Crippen MR) is 71.1 cm³/mol. The van der Waals surface area contributed by atoms with Crippen LogP contribution in [0.4, 0.5) is 0 Å². The first kappa shape index (κ1) is 13.5. The van der Waals surface area contributed by atoms with Crippen LogP contribution >= 0.6 is 27.5 Å². The van der Waals surface area contributed by atoms with Crippen LogP contribution in [0.3, 0.4) is 0 Å². The summed E-state index contributed by atoms with van der Waals surface area (Å²) in [5.41, 5.74) is 1.30. The van der Waals surface area contributed by atoms with Gasteiger partial charge in [-0.25, -0.2) is 0 Å². The maximum atomic E-state index is 11.9. The summed E-state index contributed by atoms with van der Waals surface area (Å²) in [5.74, 6) is 0.287. The van der Waals surface area contributed by atoms with E-state index >= 15 is 0 Å². The number of rotatable bonds is 3. The Balaban J connectivity index is 2.85. The molecule has 0 aromatic heterocycles. The molecule has 88 valence electrons. The first-order valence-corrected chi connectivity index (χ1v) is 6.33. The van der Waals surface area contributed by atoms with Crippen LogP contribution in [-0.2, 0) is 0 Å². The van der Waals surface area contributed by atoms with Crippen molar-refractivity contribution in [3.8, 4) is 0 Å². The van der Waals surface area contributed by atoms with E-state index < -0.39 is 0 Å². The van der Waals surface area contributed by atoms with Crippen molar-refractivity contribution in [2.24, 2.45) is 0 Å². The van der Waals surface area contributed by atoms with Gasteiger partial charge in [0.1, 0.15) is 0 Å². The normalized spacial score (nSPS) is 11.3. The Hall–Kier alpha value is -0.540. The van der Waals surface area contributed by atoms with E-state index in [0.29, 0.717) is 11.4 Å². The molecule has 0 fully saturated rings. The number of carbonyl (C=O) groups excluding carboxylic acids is 1. The number of alkyl halides is 1. The fraction of sp³-hybridized carbons (Fsp3) is 0.417. The average molecular weight is 305 g/mol. The zero-order chi connectivity index (χ0) is 12.3. The van der Waals surface area contributed by atoms with Gasteiger partial charge in [0, 0.05) is 21.5 Å². The van der Waals surface area contributed by atoms with E-state index in [1.807, 2.05) is 32.9 Å². The highest BCUT2D eigenvalue weighted by atomic mass is 79.9. The molecule has 2 nitrogen and oxygen atoms in total. The van der Waals surface area contributed by atoms with Gasteiger partial charge in [-0.05, 0) is 44.5 Å². The number of benzene rings is 1. The van der Waals surface area contributed by atoms with Crippen LogP contribution < -0.4 is 5.32 Å². The molecule has 0 unspecified atom stereocenters. The quantitative estimate of drug-likeness (QED) is 0.851. The number of carbonyl (C=O) groups is 1. The summed E-state index contributed by atoms with van der Waals surface area (Å²) < 4.78 is 1.00. The summed E-state index contributed by atoms with van der Waals surface area (Å²) in [6, 6.07) is 5.51. The van der Waals surface area contributed by atoms with Gasteiger partial charge >= 0.3 is 0 Å². The molecule has 1 amide bonds. The van der Waals surface area contributed by atoms with Crippen molar-refractivity contribution in [3.63, 3.8) is 0 Å². The molecule has 0 aliphatic rings. The van der Waals surface area contributed by atoms with Gasteiger partial charge in [0.05, 0.1) is 0 Å². The number of nitrogens with one attached hydrogen (secondary N) is 1. The lowest BCUT2D eigenvalue weighted by molar-refractivity contribution is 0.0920. The fourth-order valence-corrected chi connectivity index (χ4v) is 1.51. The van der Waals surface area contributed by atoms with E-state index in [-0.39, 0.29) is 11.4 Å². The molecule has 0 saturated heterocycles. The summed E-state index contributed by atoms with van der Waals surface area (Å²) >= 11 is 9.16. The van der Waals surface area contributed by atoms with Gasteiger partial charge < -0.3 is 5.32 Å². The Kier molecular flexibility index (Phi) is 4.39. The Labute approximate surface area is 110 Å².